The van der Waals surface area contributed by atoms with Crippen molar-refractivity contribution in [2.45, 2.75) is 11.8 Å². The Balaban J connectivity index is 1.81. The van der Waals surface area contributed by atoms with Crippen LogP contribution in [0.4, 0.5) is 4.39 Å². The maximum atomic E-state index is 14.9. The molecule has 0 fully saturated rings. The van der Waals surface area contributed by atoms with E-state index in [1.807, 2.05) is 6.92 Å². The van der Waals surface area contributed by atoms with Crippen LogP contribution in [0.3, 0.4) is 0 Å². The van der Waals surface area contributed by atoms with Gasteiger partial charge in [0.05, 0.1) is 10.5 Å². The average Bonchev–Trinajstić information content (AvgIpc) is 3.23. The molecule has 0 aliphatic heterocycles. The van der Waals surface area contributed by atoms with Crippen LogP contribution in [0.5, 0.6) is 0 Å². The summed E-state index contributed by atoms with van der Waals surface area (Å²) in [5, 5.41) is 3.50. The number of nitrogens with zero attached hydrogens (tertiary/aromatic N) is 3. The molecule has 5 aromatic rings. The number of carbonyl (C=O) groups excluding carboxylic acids is 1. The lowest BCUT2D eigenvalue weighted by atomic mass is 10.0. The zero-order valence-electron chi connectivity index (χ0n) is 18.3. The standard InChI is InChI=1S/C25H19FN4O3S/c1-15-5-7-19(8-6-15)34(32,33)30-14-21(20-11-18(25(31)27-2)13-29-24(20)30)17-10-16-4-3-9-28-23(16)22(26)12-17/h3-14H,1-2H3,(H,27,31). The zero-order chi connectivity index (χ0) is 24.0. The van der Waals surface area contributed by atoms with Gasteiger partial charge < -0.3 is 5.32 Å². The van der Waals surface area contributed by atoms with Gasteiger partial charge in [-0.1, -0.05) is 23.8 Å². The normalized spacial score (nSPS) is 11.7. The minimum atomic E-state index is -4.01. The van der Waals surface area contributed by atoms with E-state index < -0.39 is 15.8 Å². The first-order valence-corrected chi connectivity index (χ1v) is 11.8. The molecule has 3 heterocycles. The number of rotatable bonds is 4. The summed E-state index contributed by atoms with van der Waals surface area (Å²) in [4.78, 5) is 20.7. The average molecular weight is 475 g/mol. The summed E-state index contributed by atoms with van der Waals surface area (Å²) in [6, 6.07) is 14.5. The van der Waals surface area contributed by atoms with Gasteiger partial charge in [0.2, 0.25) is 0 Å². The van der Waals surface area contributed by atoms with Gasteiger partial charge >= 0.3 is 0 Å². The second-order valence-corrected chi connectivity index (χ2v) is 9.68. The van der Waals surface area contributed by atoms with E-state index in [9.17, 15) is 17.6 Å². The number of halogens is 1. The molecule has 170 valence electrons. The lowest BCUT2D eigenvalue weighted by molar-refractivity contribution is 0.0963. The topological polar surface area (TPSA) is 93.9 Å². The van der Waals surface area contributed by atoms with E-state index in [4.69, 9.17) is 0 Å². The van der Waals surface area contributed by atoms with Gasteiger partial charge in [-0.05, 0) is 48.9 Å². The Hall–Kier alpha value is -4.11. The molecule has 0 unspecified atom stereocenters. The number of hydrogen-bond acceptors (Lipinski definition) is 5. The Morgan fingerprint density at radius 2 is 1.82 bits per heavy atom. The van der Waals surface area contributed by atoms with E-state index in [2.05, 4.69) is 15.3 Å². The maximum Gasteiger partial charge on any atom is 0.269 e. The molecular weight excluding hydrogens is 455 g/mol. The van der Waals surface area contributed by atoms with E-state index in [-0.39, 0.29) is 27.5 Å². The zero-order valence-corrected chi connectivity index (χ0v) is 19.1. The largest absolute Gasteiger partial charge is 0.355 e. The molecule has 3 aromatic heterocycles. The molecule has 7 nitrogen and oxygen atoms in total. The Kier molecular flexibility index (Phi) is 5.13. The van der Waals surface area contributed by atoms with Crippen molar-refractivity contribution in [1.82, 2.24) is 19.3 Å². The molecule has 0 radical (unpaired) electrons. The van der Waals surface area contributed by atoms with E-state index in [1.165, 1.54) is 43.8 Å². The molecule has 0 spiro atoms. The van der Waals surface area contributed by atoms with Crippen molar-refractivity contribution >= 4 is 37.9 Å². The molecule has 0 bridgehead atoms. The Morgan fingerprint density at radius 1 is 1.06 bits per heavy atom. The second kappa shape index (κ2) is 8.03. The van der Waals surface area contributed by atoms with Gasteiger partial charge in [-0.15, -0.1) is 0 Å². The minimum Gasteiger partial charge on any atom is -0.355 e. The highest BCUT2D eigenvalue weighted by Gasteiger charge is 2.24. The molecule has 2 aromatic carbocycles. The Morgan fingerprint density at radius 3 is 2.56 bits per heavy atom. The van der Waals surface area contributed by atoms with E-state index in [0.717, 1.165) is 9.54 Å². The Labute approximate surface area is 194 Å². The SMILES string of the molecule is CNC(=O)c1cnc2c(c1)c(-c1cc(F)c3ncccc3c1)cn2S(=O)(=O)c1ccc(C)cc1. The van der Waals surface area contributed by atoms with Crippen molar-refractivity contribution in [3.05, 3.63) is 90.1 Å². The van der Waals surface area contributed by atoms with Crippen LogP contribution in [0.1, 0.15) is 15.9 Å². The van der Waals surface area contributed by atoms with Crippen molar-refractivity contribution < 1.29 is 17.6 Å². The molecule has 0 atom stereocenters. The first kappa shape index (κ1) is 21.7. The molecule has 34 heavy (non-hydrogen) atoms. The smallest absolute Gasteiger partial charge is 0.269 e. The fourth-order valence-electron chi connectivity index (χ4n) is 3.89. The van der Waals surface area contributed by atoms with Gasteiger partial charge in [0.15, 0.2) is 5.65 Å². The van der Waals surface area contributed by atoms with Gasteiger partial charge in [0.25, 0.3) is 15.9 Å². The number of aromatic nitrogens is 3. The number of nitrogens with one attached hydrogen (secondary N) is 1. The summed E-state index contributed by atoms with van der Waals surface area (Å²) in [5.41, 5.74) is 2.39. The van der Waals surface area contributed by atoms with Gasteiger partial charge in [-0.2, -0.15) is 0 Å². The number of fused-ring (bicyclic) bond motifs is 2. The lowest BCUT2D eigenvalue weighted by Gasteiger charge is -2.07. The predicted molar refractivity (Wildman–Crippen MR) is 128 cm³/mol. The molecule has 9 heteroatoms. The van der Waals surface area contributed by atoms with E-state index >= 15 is 0 Å². The van der Waals surface area contributed by atoms with Crippen LogP contribution in [0.25, 0.3) is 33.1 Å². The van der Waals surface area contributed by atoms with Crippen LogP contribution in [0, 0.1) is 12.7 Å². The van der Waals surface area contributed by atoms with Crippen LogP contribution < -0.4 is 5.32 Å². The lowest BCUT2D eigenvalue weighted by Crippen LogP contribution is -2.18. The van der Waals surface area contributed by atoms with Crippen LogP contribution >= 0.6 is 0 Å². The number of amides is 1. The number of benzene rings is 2. The maximum absolute atomic E-state index is 14.9. The predicted octanol–water partition coefficient (Wildman–Crippen LogP) is 4.30. The fourth-order valence-corrected chi connectivity index (χ4v) is 5.21. The van der Waals surface area contributed by atoms with Gasteiger partial charge in [0, 0.05) is 42.0 Å². The third-order valence-electron chi connectivity index (χ3n) is 5.65. The molecule has 0 saturated heterocycles. The quantitative estimate of drug-likeness (QED) is 0.419. The summed E-state index contributed by atoms with van der Waals surface area (Å²) in [7, 11) is -2.52. The number of carbonyl (C=O) groups is 1. The molecule has 0 saturated carbocycles. The van der Waals surface area contributed by atoms with Crippen LogP contribution in [0.2, 0.25) is 0 Å². The summed E-state index contributed by atoms with van der Waals surface area (Å²) in [6.07, 6.45) is 4.24. The fraction of sp³-hybridized carbons (Fsp3) is 0.0800. The highest BCUT2D eigenvalue weighted by Crippen LogP contribution is 2.35. The highest BCUT2D eigenvalue weighted by atomic mass is 32.2. The summed E-state index contributed by atoms with van der Waals surface area (Å²) >= 11 is 0. The minimum absolute atomic E-state index is 0.0904. The first-order chi connectivity index (χ1) is 16.3. The molecule has 0 aliphatic carbocycles. The molecule has 0 aliphatic rings. The number of aryl methyl sites for hydroxylation is 1. The van der Waals surface area contributed by atoms with Crippen LogP contribution in [0.15, 0.2) is 78.1 Å². The van der Waals surface area contributed by atoms with E-state index in [0.29, 0.717) is 21.9 Å². The number of pyridine rings is 2. The third kappa shape index (κ3) is 3.50. The van der Waals surface area contributed by atoms with E-state index in [1.54, 1.807) is 36.4 Å². The van der Waals surface area contributed by atoms with Crippen molar-refractivity contribution in [3.8, 4) is 11.1 Å². The summed E-state index contributed by atoms with van der Waals surface area (Å²) < 4.78 is 43.0. The van der Waals surface area contributed by atoms with Crippen molar-refractivity contribution in [2.24, 2.45) is 0 Å². The van der Waals surface area contributed by atoms with Gasteiger partial charge in [0.1, 0.15) is 11.3 Å². The molecule has 1 N–H and O–H groups in total. The highest BCUT2D eigenvalue weighted by molar-refractivity contribution is 7.90. The van der Waals surface area contributed by atoms with Gasteiger partial charge in [-0.3, -0.25) is 9.78 Å². The number of hydrogen-bond donors (Lipinski definition) is 1. The summed E-state index contributed by atoms with van der Waals surface area (Å²) in [6.45, 7) is 1.87. The van der Waals surface area contributed by atoms with Crippen molar-refractivity contribution in [3.63, 3.8) is 0 Å². The van der Waals surface area contributed by atoms with Crippen LogP contribution in [-0.2, 0) is 10.0 Å². The monoisotopic (exact) mass is 474 g/mol. The molecular formula is C25H19FN4O3S. The summed E-state index contributed by atoms with van der Waals surface area (Å²) in [5.74, 6) is -0.908. The van der Waals surface area contributed by atoms with Gasteiger partial charge in [-0.25, -0.2) is 21.8 Å². The van der Waals surface area contributed by atoms with Crippen LogP contribution in [-0.4, -0.2) is 35.3 Å². The van der Waals surface area contributed by atoms with Crippen molar-refractivity contribution in [2.75, 3.05) is 7.05 Å². The Bertz CT molecular complexity index is 1690. The van der Waals surface area contributed by atoms with Crippen molar-refractivity contribution in [1.29, 1.82) is 0 Å². The molecule has 1 amide bonds. The first-order valence-electron chi connectivity index (χ1n) is 10.4. The second-order valence-electron chi connectivity index (χ2n) is 7.86. The third-order valence-corrected chi connectivity index (χ3v) is 7.31. The molecule has 5 rings (SSSR count).